The van der Waals surface area contributed by atoms with Crippen molar-refractivity contribution < 1.29 is 19.1 Å². The Bertz CT molecular complexity index is 1100. The second kappa shape index (κ2) is 9.77. The Balaban J connectivity index is 1.85. The van der Waals surface area contributed by atoms with Gasteiger partial charge in [-0.1, -0.05) is 37.6 Å². The van der Waals surface area contributed by atoms with Gasteiger partial charge in [0.15, 0.2) is 0 Å². The van der Waals surface area contributed by atoms with Crippen molar-refractivity contribution in [2.45, 2.75) is 32.9 Å². The number of aliphatic imine (C=N–C) groups is 2. The van der Waals surface area contributed by atoms with Crippen LogP contribution in [0.3, 0.4) is 0 Å². The summed E-state index contributed by atoms with van der Waals surface area (Å²) in [6.45, 7) is 4.38. The molecule has 4 rings (SSSR count). The maximum absolute atomic E-state index is 13.3. The van der Waals surface area contributed by atoms with Crippen LogP contribution in [0.1, 0.15) is 37.0 Å². The van der Waals surface area contributed by atoms with Gasteiger partial charge in [0.05, 0.1) is 12.2 Å². The van der Waals surface area contributed by atoms with E-state index in [2.05, 4.69) is 4.99 Å². The first-order valence-corrected chi connectivity index (χ1v) is 11.1. The van der Waals surface area contributed by atoms with Crippen LogP contribution in [-0.4, -0.2) is 58.6 Å². The van der Waals surface area contributed by atoms with Crippen molar-refractivity contribution in [3.8, 4) is 0 Å². The van der Waals surface area contributed by atoms with Crippen molar-refractivity contribution in [2.24, 2.45) is 15.9 Å². The number of benzene rings is 1. The highest BCUT2D eigenvalue weighted by atomic mass is 16.5. The van der Waals surface area contributed by atoms with Gasteiger partial charge in [-0.25, -0.2) is 4.99 Å². The highest BCUT2D eigenvalue weighted by molar-refractivity contribution is 6.30. The molecule has 3 aliphatic heterocycles. The van der Waals surface area contributed by atoms with Crippen LogP contribution in [0.4, 0.5) is 0 Å². The van der Waals surface area contributed by atoms with Crippen LogP contribution in [0.25, 0.3) is 0 Å². The van der Waals surface area contributed by atoms with Crippen molar-refractivity contribution in [1.82, 2.24) is 9.80 Å². The van der Waals surface area contributed by atoms with Crippen molar-refractivity contribution in [1.29, 1.82) is 0 Å². The second-order valence-electron chi connectivity index (χ2n) is 7.76. The fraction of sp³-hybridized carbons (Fsp3) is 0.320. The molecule has 170 valence electrons. The number of carbonyl (C=O) groups excluding carboxylic acids is 3. The molecule has 0 fully saturated rings. The number of esters is 1. The van der Waals surface area contributed by atoms with E-state index in [9.17, 15) is 14.4 Å². The number of carbonyl (C=O) groups is 3. The lowest BCUT2D eigenvalue weighted by Crippen LogP contribution is -2.54. The summed E-state index contributed by atoms with van der Waals surface area (Å²) in [4.78, 5) is 51.6. The number of hydrogen-bond donors (Lipinski definition) is 0. The Hall–Kier alpha value is -3.81. The molecule has 3 heterocycles. The highest BCUT2D eigenvalue weighted by Crippen LogP contribution is 2.30. The molecule has 8 heteroatoms. The summed E-state index contributed by atoms with van der Waals surface area (Å²) in [6, 6.07) is 8.67. The monoisotopic (exact) mass is 446 g/mol. The van der Waals surface area contributed by atoms with E-state index in [0.29, 0.717) is 23.5 Å². The third kappa shape index (κ3) is 4.41. The molecule has 0 N–H and O–H groups in total. The van der Waals surface area contributed by atoms with Crippen LogP contribution < -0.4 is 0 Å². The summed E-state index contributed by atoms with van der Waals surface area (Å²) >= 11 is 0. The standard InChI is InChI=1S/C25H26N4O4/c1-3-5-14-29-21-18(24(31)28-15-10-9-13-20(28)26-21)16-19(25(32)33-4-2)22(29)27-23(30)17-11-7-6-8-12-17/h6-13,15-16,19-20H,3-5,14H2,1-2H3. The topological polar surface area (TPSA) is 91.6 Å². The SMILES string of the molecule is CCCCN1C2=NC3C=CC=CN3C(=O)C2=CC(C(=O)OCC)C1=NC(=O)c1ccccc1. The molecule has 0 aromatic heterocycles. The summed E-state index contributed by atoms with van der Waals surface area (Å²) < 4.78 is 5.28. The molecule has 2 amide bonds. The Morgan fingerprint density at radius 2 is 1.94 bits per heavy atom. The van der Waals surface area contributed by atoms with Crippen LogP contribution in [0.2, 0.25) is 0 Å². The largest absolute Gasteiger partial charge is 0.465 e. The number of allylic oxidation sites excluding steroid dienone is 2. The molecule has 0 aliphatic carbocycles. The summed E-state index contributed by atoms with van der Waals surface area (Å²) in [7, 11) is 0. The molecule has 0 saturated carbocycles. The first kappa shape index (κ1) is 22.4. The minimum Gasteiger partial charge on any atom is -0.465 e. The maximum Gasteiger partial charge on any atom is 0.320 e. The van der Waals surface area contributed by atoms with E-state index in [1.165, 1.54) is 11.0 Å². The minimum atomic E-state index is -0.992. The third-order valence-corrected chi connectivity index (χ3v) is 5.54. The van der Waals surface area contributed by atoms with Crippen LogP contribution in [0.5, 0.6) is 0 Å². The van der Waals surface area contributed by atoms with E-state index in [-0.39, 0.29) is 18.3 Å². The number of nitrogens with zero attached hydrogens (tertiary/aromatic N) is 4. The summed E-state index contributed by atoms with van der Waals surface area (Å²) in [6.07, 6.45) is 9.78. The number of hydrogen-bond acceptors (Lipinski definition) is 5. The molecular formula is C25H26N4O4. The Labute approximate surface area is 192 Å². The molecule has 1 aromatic carbocycles. The van der Waals surface area contributed by atoms with Gasteiger partial charge in [-0.2, -0.15) is 4.99 Å². The van der Waals surface area contributed by atoms with Gasteiger partial charge in [-0.3, -0.25) is 19.3 Å². The summed E-state index contributed by atoms with van der Waals surface area (Å²) in [5, 5.41) is 0. The molecule has 0 spiro atoms. The fourth-order valence-corrected chi connectivity index (χ4v) is 3.91. The molecule has 8 nitrogen and oxygen atoms in total. The molecule has 0 saturated heterocycles. The smallest absolute Gasteiger partial charge is 0.320 e. The van der Waals surface area contributed by atoms with E-state index in [4.69, 9.17) is 9.73 Å². The summed E-state index contributed by atoms with van der Waals surface area (Å²) in [5.74, 6) is -1.62. The molecule has 2 unspecified atom stereocenters. The van der Waals surface area contributed by atoms with Gasteiger partial charge in [0.2, 0.25) is 0 Å². The maximum atomic E-state index is 13.3. The second-order valence-corrected chi connectivity index (χ2v) is 7.76. The number of rotatable bonds is 6. The first-order chi connectivity index (χ1) is 16.0. The van der Waals surface area contributed by atoms with Gasteiger partial charge in [-0.15, -0.1) is 0 Å². The van der Waals surface area contributed by atoms with Gasteiger partial charge >= 0.3 is 5.97 Å². The zero-order valence-electron chi connectivity index (χ0n) is 18.7. The first-order valence-electron chi connectivity index (χ1n) is 11.1. The van der Waals surface area contributed by atoms with Crippen LogP contribution in [-0.2, 0) is 14.3 Å². The molecule has 2 atom stereocenters. The molecule has 0 radical (unpaired) electrons. The average molecular weight is 447 g/mol. The van der Waals surface area contributed by atoms with Gasteiger partial charge in [-0.05, 0) is 43.7 Å². The van der Waals surface area contributed by atoms with Crippen molar-refractivity contribution >= 4 is 29.5 Å². The minimum absolute atomic E-state index is 0.171. The van der Waals surface area contributed by atoms with Gasteiger partial charge in [0.25, 0.3) is 11.8 Å². The van der Waals surface area contributed by atoms with Crippen molar-refractivity contribution in [2.75, 3.05) is 13.2 Å². The van der Waals surface area contributed by atoms with Crippen molar-refractivity contribution in [3.63, 3.8) is 0 Å². The van der Waals surface area contributed by atoms with Crippen LogP contribution >= 0.6 is 0 Å². The normalized spacial score (nSPS) is 22.5. The zero-order chi connectivity index (χ0) is 23.4. The number of unbranched alkanes of at least 4 members (excludes halogenated alkanes) is 1. The third-order valence-electron chi connectivity index (χ3n) is 5.54. The number of amides is 2. The molecule has 3 aliphatic rings. The predicted molar refractivity (Wildman–Crippen MR) is 124 cm³/mol. The van der Waals surface area contributed by atoms with E-state index in [1.807, 2.05) is 25.1 Å². The number of fused-ring (bicyclic) bond motifs is 2. The lowest BCUT2D eigenvalue weighted by atomic mass is 9.94. The lowest BCUT2D eigenvalue weighted by molar-refractivity contribution is -0.144. The average Bonchev–Trinajstić information content (AvgIpc) is 2.84. The van der Waals surface area contributed by atoms with E-state index >= 15 is 0 Å². The zero-order valence-corrected chi connectivity index (χ0v) is 18.7. The van der Waals surface area contributed by atoms with Crippen molar-refractivity contribution in [3.05, 3.63) is 72.0 Å². The van der Waals surface area contributed by atoms with E-state index in [1.54, 1.807) is 48.4 Å². The lowest BCUT2D eigenvalue weighted by Gasteiger charge is -2.40. The van der Waals surface area contributed by atoms with E-state index in [0.717, 1.165) is 12.8 Å². The van der Waals surface area contributed by atoms with Gasteiger partial charge in [0, 0.05) is 18.3 Å². The Morgan fingerprint density at radius 3 is 2.67 bits per heavy atom. The molecular weight excluding hydrogens is 420 g/mol. The van der Waals surface area contributed by atoms with Gasteiger partial charge in [0.1, 0.15) is 23.8 Å². The van der Waals surface area contributed by atoms with Gasteiger partial charge < -0.3 is 9.64 Å². The molecule has 33 heavy (non-hydrogen) atoms. The fourth-order valence-electron chi connectivity index (χ4n) is 3.91. The Morgan fingerprint density at radius 1 is 1.15 bits per heavy atom. The van der Waals surface area contributed by atoms with Crippen LogP contribution in [0.15, 0.2) is 76.4 Å². The molecule has 1 aromatic rings. The quantitative estimate of drug-likeness (QED) is 0.626. The molecule has 0 bridgehead atoms. The number of amidine groups is 2. The summed E-state index contributed by atoms with van der Waals surface area (Å²) in [5.41, 5.74) is 0.720. The van der Waals surface area contributed by atoms with Crippen LogP contribution in [0, 0.1) is 5.92 Å². The predicted octanol–water partition coefficient (Wildman–Crippen LogP) is 3.10. The Kier molecular flexibility index (Phi) is 6.63. The number of ether oxygens (including phenoxy) is 1. The highest BCUT2D eigenvalue weighted by Gasteiger charge is 2.43. The van der Waals surface area contributed by atoms with E-state index < -0.39 is 24.0 Å².